The van der Waals surface area contributed by atoms with Gasteiger partial charge >= 0.3 is 0 Å². The van der Waals surface area contributed by atoms with Crippen LogP contribution in [-0.4, -0.2) is 11.7 Å². The van der Waals surface area contributed by atoms with E-state index in [2.05, 4.69) is 0 Å². The summed E-state index contributed by atoms with van der Waals surface area (Å²) in [6.45, 7) is 2.80. The minimum Gasteiger partial charge on any atom is -0.501 e. The van der Waals surface area contributed by atoms with Crippen molar-refractivity contribution in [2.45, 2.75) is 25.9 Å². The van der Waals surface area contributed by atoms with Crippen molar-refractivity contribution in [3.8, 4) is 0 Å². The van der Waals surface area contributed by atoms with Gasteiger partial charge in [0.2, 0.25) is 0 Å². The third-order valence-electron chi connectivity index (χ3n) is 2.46. The Morgan fingerprint density at radius 1 is 1.57 bits per heavy atom. The van der Waals surface area contributed by atoms with E-state index < -0.39 is 6.10 Å². The fourth-order valence-corrected chi connectivity index (χ4v) is 2.57. The van der Waals surface area contributed by atoms with E-state index in [0.29, 0.717) is 0 Å². The lowest BCUT2D eigenvalue weighted by atomic mass is 10.0. The van der Waals surface area contributed by atoms with Gasteiger partial charge in [-0.3, -0.25) is 0 Å². The molecule has 0 fully saturated rings. The van der Waals surface area contributed by atoms with Crippen molar-refractivity contribution in [3.63, 3.8) is 0 Å². The number of hydrogen-bond acceptors (Lipinski definition) is 3. The van der Waals surface area contributed by atoms with Crippen LogP contribution in [0.1, 0.15) is 29.4 Å². The van der Waals surface area contributed by atoms with Crippen molar-refractivity contribution in [1.82, 2.24) is 0 Å². The highest BCUT2D eigenvalue weighted by atomic mass is 32.1. The second-order valence-corrected chi connectivity index (χ2v) is 4.49. The normalized spacial score (nSPS) is 18.6. The zero-order chi connectivity index (χ0) is 9.97. The van der Waals surface area contributed by atoms with Crippen LogP contribution in [-0.2, 0) is 4.74 Å². The zero-order valence-electron chi connectivity index (χ0n) is 8.19. The van der Waals surface area contributed by atoms with Gasteiger partial charge in [-0.25, -0.2) is 0 Å². The second-order valence-electron chi connectivity index (χ2n) is 3.54. The van der Waals surface area contributed by atoms with Crippen LogP contribution in [0.5, 0.6) is 0 Å². The van der Waals surface area contributed by atoms with Crippen LogP contribution < -0.4 is 0 Å². The molecule has 1 aliphatic rings. The summed E-state index contributed by atoms with van der Waals surface area (Å²) in [6, 6.07) is 2.04. The maximum Gasteiger partial charge on any atom is 0.113 e. The monoisotopic (exact) mass is 210 g/mol. The predicted molar refractivity (Wildman–Crippen MR) is 57.3 cm³/mol. The largest absolute Gasteiger partial charge is 0.501 e. The van der Waals surface area contributed by atoms with Gasteiger partial charge in [0, 0.05) is 4.88 Å². The minimum absolute atomic E-state index is 0.463. The summed E-state index contributed by atoms with van der Waals surface area (Å²) in [5.41, 5.74) is 2.16. The molecule has 0 aliphatic carbocycles. The van der Waals surface area contributed by atoms with Gasteiger partial charge in [0.05, 0.1) is 12.9 Å². The average Bonchev–Trinajstić information content (AvgIpc) is 2.65. The third-order valence-corrected chi connectivity index (χ3v) is 3.53. The minimum atomic E-state index is -0.463. The van der Waals surface area contributed by atoms with Crippen LogP contribution in [0.3, 0.4) is 0 Å². The lowest BCUT2D eigenvalue weighted by Crippen LogP contribution is -2.07. The molecule has 0 spiro atoms. The molecule has 2 heterocycles. The molecule has 14 heavy (non-hydrogen) atoms. The molecule has 1 aromatic heterocycles. The van der Waals surface area contributed by atoms with Gasteiger partial charge in [-0.05, 0) is 42.3 Å². The molecule has 1 aromatic rings. The van der Waals surface area contributed by atoms with Crippen molar-refractivity contribution in [2.75, 3.05) is 6.61 Å². The summed E-state index contributed by atoms with van der Waals surface area (Å²) >= 11 is 1.60. The van der Waals surface area contributed by atoms with E-state index in [4.69, 9.17) is 4.74 Å². The van der Waals surface area contributed by atoms with Gasteiger partial charge in [0.15, 0.2) is 0 Å². The highest BCUT2D eigenvalue weighted by Crippen LogP contribution is 2.32. The first-order valence-electron chi connectivity index (χ1n) is 4.81. The summed E-state index contributed by atoms with van der Waals surface area (Å²) in [7, 11) is 0. The summed E-state index contributed by atoms with van der Waals surface area (Å²) in [5.74, 6) is 0. The Balaban J connectivity index is 2.19. The molecule has 0 saturated heterocycles. The summed E-state index contributed by atoms with van der Waals surface area (Å²) in [6.07, 6.45) is 3.20. The molecule has 0 aromatic carbocycles. The third kappa shape index (κ3) is 1.83. The van der Waals surface area contributed by atoms with E-state index in [0.717, 1.165) is 35.5 Å². The number of hydrogen-bond donors (Lipinski definition) is 1. The molecule has 2 rings (SSSR count). The van der Waals surface area contributed by atoms with Crippen LogP contribution in [0.4, 0.5) is 0 Å². The average molecular weight is 210 g/mol. The first-order chi connectivity index (χ1) is 6.79. The van der Waals surface area contributed by atoms with Crippen molar-refractivity contribution in [3.05, 3.63) is 33.7 Å². The number of aliphatic hydroxyl groups is 1. The first-order valence-corrected chi connectivity index (χ1v) is 5.69. The van der Waals surface area contributed by atoms with E-state index in [1.807, 2.05) is 18.4 Å². The Labute approximate surface area is 87.8 Å². The van der Waals surface area contributed by atoms with Gasteiger partial charge in [-0.2, -0.15) is 0 Å². The highest BCUT2D eigenvalue weighted by molar-refractivity contribution is 7.10. The molecular weight excluding hydrogens is 196 g/mol. The summed E-state index contributed by atoms with van der Waals surface area (Å²) in [5, 5.41) is 12.1. The van der Waals surface area contributed by atoms with E-state index in [9.17, 15) is 5.11 Å². The molecule has 3 heteroatoms. The quantitative estimate of drug-likeness (QED) is 0.813. The molecule has 76 valence electrons. The number of rotatable bonds is 2. The van der Waals surface area contributed by atoms with Crippen molar-refractivity contribution in [2.24, 2.45) is 0 Å². The SMILES string of the molecule is Cc1ccsc1C(O)C1=COCCC1. The Bertz CT molecular complexity index is 341. The van der Waals surface area contributed by atoms with Gasteiger partial charge in [-0.15, -0.1) is 11.3 Å². The van der Waals surface area contributed by atoms with Crippen molar-refractivity contribution < 1.29 is 9.84 Å². The maximum absolute atomic E-state index is 10.1. The Hall–Kier alpha value is -0.800. The Kier molecular flexibility index (Phi) is 2.89. The summed E-state index contributed by atoms with van der Waals surface area (Å²) in [4.78, 5) is 1.04. The lowest BCUT2D eigenvalue weighted by Gasteiger charge is -2.18. The molecular formula is C11H14O2S. The van der Waals surface area contributed by atoms with Crippen LogP contribution in [0, 0.1) is 6.92 Å². The zero-order valence-corrected chi connectivity index (χ0v) is 9.01. The second kappa shape index (κ2) is 4.15. The van der Waals surface area contributed by atoms with Gasteiger partial charge in [0.1, 0.15) is 6.10 Å². The van der Waals surface area contributed by atoms with E-state index >= 15 is 0 Å². The Morgan fingerprint density at radius 2 is 2.43 bits per heavy atom. The Morgan fingerprint density at radius 3 is 3.00 bits per heavy atom. The van der Waals surface area contributed by atoms with Crippen LogP contribution in [0.15, 0.2) is 23.3 Å². The number of thiophene rings is 1. The summed E-state index contributed by atoms with van der Waals surface area (Å²) < 4.78 is 5.22. The van der Waals surface area contributed by atoms with Gasteiger partial charge in [0.25, 0.3) is 0 Å². The molecule has 0 bridgehead atoms. The molecule has 2 nitrogen and oxygen atoms in total. The van der Waals surface area contributed by atoms with Gasteiger partial charge < -0.3 is 9.84 Å². The van der Waals surface area contributed by atoms with Crippen molar-refractivity contribution in [1.29, 1.82) is 0 Å². The number of ether oxygens (including phenoxy) is 1. The van der Waals surface area contributed by atoms with Crippen molar-refractivity contribution >= 4 is 11.3 Å². The molecule has 1 N–H and O–H groups in total. The molecule has 1 unspecified atom stereocenters. The fraction of sp³-hybridized carbons (Fsp3) is 0.455. The topological polar surface area (TPSA) is 29.5 Å². The van der Waals surface area contributed by atoms with Gasteiger partial charge in [-0.1, -0.05) is 0 Å². The van der Waals surface area contributed by atoms with E-state index in [1.165, 1.54) is 0 Å². The van der Waals surface area contributed by atoms with E-state index in [-0.39, 0.29) is 0 Å². The van der Waals surface area contributed by atoms with Crippen LogP contribution in [0.2, 0.25) is 0 Å². The molecule has 0 radical (unpaired) electrons. The molecule has 0 amide bonds. The molecule has 1 atom stereocenters. The maximum atomic E-state index is 10.1. The smallest absolute Gasteiger partial charge is 0.113 e. The van der Waals surface area contributed by atoms with E-state index in [1.54, 1.807) is 17.6 Å². The number of aliphatic hydroxyl groups excluding tert-OH is 1. The first kappa shape index (κ1) is 9.74. The van der Waals surface area contributed by atoms with Crippen LogP contribution >= 0.6 is 11.3 Å². The standard InChI is InChI=1S/C11H14O2S/c1-8-4-6-14-11(8)10(12)9-3-2-5-13-7-9/h4,6-7,10,12H,2-3,5H2,1H3. The molecule has 0 saturated carbocycles. The number of aryl methyl sites for hydroxylation is 1. The predicted octanol–water partition coefficient (Wildman–Crippen LogP) is 2.78. The molecule has 1 aliphatic heterocycles. The van der Waals surface area contributed by atoms with Crippen LogP contribution in [0.25, 0.3) is 0 Å². The lowest BCUT2D eigenvalue weighted by molar-refractivity contribution is 0.172. The highest BCUT2D eigenvalue weighted by Gasteiger charge is 2.18. The fourth-order valence-electron chi connectivity index (χ4n) is 1.62.